The molecule has 1 heterocycles. The molecule has 7 heteroatoms. The van der Waals surface area contributed by atoms with E-state index in [2.05, 4.69) is 5.32 Å². The first-order chi connectivity index (χ1) is 14.5. The van der Waals surface area contributed by atoms with E-state index in [1.807, 2.05) is 42.5 Å². The van der Waals surface area contributed by atoms with Crippen molar-refractivity contribution in [2.45, 2.75) is 0 Å². The summed E-state index contributed by atoms with van der Waals surface area (Å²) >= 11 is 0. The molecule has 0 aliphatic heterocycles. The highest BCUT2D eigenvalue weighted by Gasteiger charge is 2.19. The van der Waals surface area contributed by atoms with Crippen molar-refractivity contribution in [3.05, 3.63) is 105 Å². The van der Waals surface area contributed by atoms with Gasteiger partial charge in [-0.15, -0.1) is 0 Å². The van der Waals surface area contributed by atoms with E-state index in [1.54, 1.807) is 23.7 Å². The molecule has 0 spiro atoms. The van der Waals surface area contributed by atoms with Crippen molar-refractivity contribution in [3.8, 4) is 11.1 Å². The second-order valence-electron chi connectivity index (χ2n) is 6.75. The van der Waals surface area contributed by atoms with Crippen LogP contribution in [0.3, 0.4) is 0 Å². The third-order valence-electron chi connectivity index (χ3n) is 4.94. The molecule has 0 aliphatic rings. The summed E-state index contributed by atoms with van der Waals surface area (Å²) in [7, 11) is 1.78. The highest BCUT2D eigenvalue weighted by atomic mass is 16.6. The molecule has 1 aromatic heterocycles. The first-order valence-corrected chi connectivity index (χ1v) is 9.20. The summed E-state index contributed by atoms with van der Waals surface area (Å²) in [5, 5.41) is 14.2. The van der Waals surface area contributed by atoms with Gasteiger partial charge in [0.1, 0.15) is 5.82 Å². The number of aromatic nitrogens is 1. The lowest BCUT2D eigenvalue weighted by Crippen LogP contribution is -2.21. The van der Waals surface area contributed by atoms with Crippen LogP contribution in [0, 0.1) is 10.1 Å². The highest BCUT2D eigenvalue weighted by molar-refractivity contribution is 6.07. The van der Waals surface area contributed by atoms with Crippen molar-refractivity contribution in [1.29, 1.82) is 0 Å². The van der Waals surface area contributed by atoms with E-state index >= 15 is 0 Å². The van der Waals surface area contributed by atoms with Crippen molar-refractivity contribution in [2.75, 3.05) is 5.32 Å². The second-order valence-corrected chi connectivity index (χ2v) is 6.75. The first-order valence-electron chi connectivity index (χ1n) is 9.20. The summed E-state index contributed by atoms with van der Waals surface area (Å²) in [6.45, 7) is 0. The number of nitro benzene ring substituents is 1. The van der Waals surface area contributed by atoms with Crippen LogP contribution in [0.15, 0.2) is 83.7 Å². The van der Waals surface area contributed by atoms with E-state index in [0.29, 0.717) is 27.8 Å². The molecular weight excluding hydrogens is 382 g/mol. The number of nitrogens with one attached hydrogen (secondary N) is 1. The number of hydrogen-bond donors (Lipinski definition) is 1. The smallest absolute Gasteiger partial charge is 0.269 e. The average molecular weight is 399 g/mol. The Hall–Kier alpha value is -4.26. The molecule has 0 bridgehead atoms. The van der Waals surface area contributed by atoms with Crippen LogP contribution in [0.4, 0.5) is 11.5 Å². The summed E-state index contributed by atoms with van der Waals surface area (Å²) in [4.78, 5) is 36.5. The number of pyridine rings is 1. The standard InChI is InChI=1S/C23H17N3O4/c1-25-19-10-6-5-9-18(19)21(27)20(15-7-3-2-4-8-15)22(25)24-23(28)16-11-13-17(14-12-16)26(29)30/h2-14H,1H3,(H,24,28). The third kappa shape index (κ3) is 3.33. The molecule has 0 radical (unpaired) electrons. The summed E-state index contributed by atoms with van der Waals surface area (Å²) in [5.41, 5.74) is 1.71. The van der Waals surface area contributed by atoms with Gasteiger partial charge in [0.05, 0.1) is 16.0 Å². The van der Waals surface area contributed by atoms with Gasteiger partial charge >= 0.3 is 0 Å². The topological polar surface area (TPSA) is 94.2 Å². The van der Waals surface area contributed by atoms with Crippen LogP contribution in [-0.4, -0.2) is 15.4 Å². The van der Waals surface area contributed by atoms with E-state index in [-0.39, 0.29) is 16.7 Å². The predicted molar refractivity (Wildman–Crippen MR) is 116 cm³/mol. The fraction of sp³-hybridized carbons (Fsp3) is 0.0435. The number of nitro groups is 1. The van der Waals surface area contributed by atoms with E-state index in [0.717, 1.165) is 0 Å². The Morgan fingerprint density at radius 1 is 0.933 bits per heavy atom. The first kappa shape index (κ1) is 19.1. The van der Waals surface area contributed by atoms with Gasteiger partial charge in [0, 0.05) is 30.1 Å². The minimum absolute atomic E-state index is 0.102. The molecule has 0 unspecified atom stereocenters. The fourth-order valence-electron chi connectivity index (χ4n) is 3.42. The van der Waals surface area contributed by atoms with Crippen LogP contribution < -0.4 is 10.7 Å². The van der Waals surface area contributed by atoms with Crippen LogP contribution in [-0.2, 0) is 7.05 Å². The van der Waals surface area contributed by atoms with Crippen LogP contribution >= 0.6 is 0 Å². The van der Waals surface area contributed by atoms with Crippen LogP contribution in [0.1, 0.15) is 10.4 Å². The van der Waals surface area contributed by atoms with Crippen LogP contribution in [0.25, 0.3) is 22.0 Å². The Morgan fingerprint density at radius 3 is 2.23 bits per heavy atom. The number of nitrogens with zero attached hydrogens (tertiary/aromatic N) is 2. The van der Waals surface area contributed by atoms with Gasteiger partial charge in [-0.05, 0) is 29.8 Å². The van der Waals surface area contributed by atoms with Gasteiger partial charge in [0.2, 0.25) is 0 Å². The highest BCUT2D eigenvalue weighted by Crippen LogP contribution is 2.28. The van der Waals surface area contributed by atoms with Gasteiger partial charge in [0.25, 0.3) is 11.6 Å². The number of benzene rings is 3. The van der Waals surface area contributed by atoms with Crippen molar-refractivity contribution in [3.63, 3.8) is 0 Å². The largest absolute Gasteiger partial charge is 0.330 e. The Morgan fingerprint density at radius 2 is 1.57 bits per heavy atom. The zero-order valence-electron chi connectivity index (χ0n) is 16.0. The number of fused-ring (bicyclic) bond motifs is 1. The summed E-state index contributed by atoms with van der Waals surface area (Å²) < 4.78 is 1.77. The molecule has 1 N–H and O–H groups in total. The van der Waals surface area contributed by atoms with Gasteiger partial charge in [-0.25, -0.2) is 0 Å². The zero-order chi connectivity index (χ0) is 21.3. The quantitative estimate of drug-likeness (QED) is 0.407. The minimum Gasteiger partial charge on any atom is -0.330 e. The third-order valence-corrected chi connectivity index (χ3v) is 4.94. The van der Waals surface area contributed by atoms with Crippen LogP contribution in [0.2, 0.25) is 0 Å². The minimum atomic E-state index is -0.526. The van der Waals surface area contributed by atoms with Gasteiger partial charge in [-0.1, -0.05) is 42.5 Å². The Balaban J connectivity index is 1.87. The lowest BCUT2D eigenvalue weighted by molar-refractivity contribution is -0.384. The fourth-order valence-corrected chi connectivity index (χ4v) is 3.42. The number of para-hydroxylation sites is 1. The number of aryl methyl sites for hydroxylation is 1. The molecule has 30 heavy (non-hydrogen) atoms. The summed E-state index contributed by atoms with van der Waals surface area (Å²) in [5.74, 6) is -0.111. The van der Waals surface area contributed by atoms with Crippen molar-refractivity contribution in [2.24, 2.45) is 7.05 Å². The number of anilines is 1. The molecular formula is C23H17N3O4. The summed E-state index contributed by atoms with van der Waals surface area (Å²) in [6, 6.07) is 21.6. The number of rotatable bonds is 4. The number of carbonyl (C=O) groups is 1. The molecule has 4 rings (SSSR count). The summed E-state index contributed by atoms with van der Waals surface area (Å²) in [6.07, 6.45) is 0. The molecule has 0 fully saturated rings. The van der Waals surface area contributed by atoms with Gasteiger partial charge in [-0.2, -0.15) is 0 Å². The van der Waals surface area contributed by atoms with Crippen LogP contribution in [0.5, 0.6) is 0 Å². The predicted octanol–water partition coefficient (Wildman–Crippen LogP) is 4.37. The normalized spacial score (nSPS) is 10.7. The Kier molecular flexibility index (Phi) is 4.85. The van der Waals surface area contributed by atoms with Crippen molar-refractivity contribution >= 4 is 28.3 Å². The molecule has 1 amide bonds. The molecule has 0 saturated carbocycles. The van der Waals surface area contributed by atoms with E-state index < -0.39 is 10.8 Å². The van der Waals surface area contributed by atoms with Crippen molar-refractivity contribution < 1.29 is 9.72 Å². The van der Waals surface area contributed by atoms with E-state index in [4.69, 9.17) is 0 Å². The molecule has 4 aromatic rings. The molecule has 148 valence electrons. The number of carbonyl (C=O) groups excluding carboxylic acids is 1. The van der Waals surface area contributed by atoms with E-state index in [9.17, 15) is 19.7 Å². The molecule has 3 aromatic carbocycles. The number of hydrogen-bond acceptors (Lipinski definition) is 4. The molecule has 0 saturated heterocycles. The molecule has 0 aliphatic carbocycles. The maximum absolute atomic E-state index is 13.3. The maximum Gasteiger partial charge on any atom is 0.269 e. The average Bonchev–Trinajstić information content (AvgIpc) is 2.78. The lowest BCUT2D eigenvalue weighted by Gasteiger charge is -2.18. The second kappa shape index (κ2) is 7.63. The lowest BCUT2D eigenvalue weighted by atomic mass is 10.0. The molecule has 0 atom stereocenters. The van der Waals surface area contributed by atoms with Gasteiger partial charge < -0.3 is 9.88 Å². The van der Waals surface area contributed by atoms with Crippen molar-refractivity contribution in [1.82, 2.24) is 4.57 Å². The SMILES string of the molecule is Cn1c(NC(=O)c2ccc([N+](=O)[O-])cc2)c(-c2ccccc2)c(=O)c2ccccc21. The maximum atomic E-state index is 13.3. The monoisotopic (exact) mass is 399 g/mol. The van der Waals surface area contributed by atoms with Gasteiger partial charge in [-0.3, -0.25) is 19.7 Å². The Labute approximate surface area is 171 Å². The van der Waals surface area contributed by atoms with E-state index in [1.165, 1.54) is 24.3 Å². The number of non-ortho nitro benzene ring substituents is 1. The number of amides is 1. The Bertz CT molecular complexity index is 1330. The molecule has 7 nitrogen and oxygen atoms in total. The van der Waals surface area contributed by atoms with Gasteiger partial charge in [0.15, 0.2) is 5.43 Å². The zero-order valence-corrected chi connectivity index (χ0v) is 16.0.